The van der Waals surface area contributed by atoms with Crippen molar-refractivity contribution in [3.8, 4) is 0 Å². The summed E-state index contributed by atoms with van der Waals surface area (Å²) < 4.78 is 51.4. The molecule has 0 amide bonds. The summed E-state index contributed by atoms with van der Waals surface area (Å²) in [6, 6.07) is 2.60. The lowest BCUT2D eigenvalue weighted by Crippen LogP contribution is -2.38. The molecule has 21 heavy (non-hydrogen) atoms. The molecule has 0 heterocycles. The second-order valence-corrected chi connectivity index (χ2v) is 6.00. The van der Waals surface area contributed by atoms with Gasteiger partial charge in [-0.3, -0.25) is 0 Å². The van der Waals surface area contributed by atoms with Crippen LogP contribution in [0.25, 0.3) is 0 Å². The van der Waals surface area contributed by atoms with Gasteiger partial charge in [0.25, 0.3) is 0 Å². The summed E-state index contributed by atoms with van der Waals surface area (Å²) in [5.74, 6) is -0.642. The Morgan fingerprint density at radius 2 is 1.86 bits per heavy atom. The molecular weight excluding hydrogens is 286 g/mol. The minimum atomic E-state index is -4.60. The first kappa shape index (κ1) is 17.9. The van der Waals surface area contributed by atoms with E-state index in [2.05, 4.69) is 5.32 Å². The maximum atomic E-state index is 13.0. The quantitative estimate of drug-likeness (QED) is 0.785. The molecule has 120 valence electrons. The molecular formula is C15H21F4NO. The highest BCUT2D eigenvalue weighted by Crippen LogP contribution is 2.32. The Balaban J connectivity index is 2.72. The van der Waals surface area contributed by atoms with E-state index in [1.165, 1.54) is 0 Å². The Labute approximate surface area is 122 Å². The number of halogens is 4. The summed E-state index contributed by atoms with van der Waals surface area (Å²) >= 11 is 0. The summed E-state index contributed by atoms with van der Waals surface area (Å²) in [6.07, 6.45) is -4.06. The highest BCUT2D eigenvalue weighted by Gasteiger charge is 2.33. The number of hydrogen-bond acceptors (Lipinski definition) is 2. The highest BCUT2D eigenvalue weighted by atomic mass is 19.4. The summed E-state index contributed by atoms with van der Waals surface area (Å²) in [7, 11) is 0. The Hall–Kier alpha value is -1.14. The number of alkyl halides is 3. The monoisotopic (exact) mass is 307 g/mol. The summed E-state index contributed by atoms with van der Waals surface area (Å²) in [4.78, 5) is 0. The molecule has 6 heteroatoms. The Kier molecular flexibility index (Phi) is 5.75. The van der Waals surface area contributed by atoms with Gasteiger partial charge >= 0.3 is 6.18 Å². The molecule has 1 atom stereocenters. The number of nitrogens with one attached hydrogen (secondary N) is 1. The lowest BCUT2D eigenvalue weighted by molar-refractivity contribution is -0.138. The third-order valence-corrected chi connectivity index (χ3v) is 3.05. The lowest BCUT2D eigenvalue weighted by Gasteiger charge is -2.26. The summed E-state index contributed by atoms with van der Waals surface area (Å²) in [5, 5.41) is 12.9. The molecule has 1 rings (SSSR count). The topological polar surface area (TPSA) is 32.3 Å². The standard InChI is InChI=1S/C15H21F4NO/c1-10(2)7-14(3,21)9-20-8-11-4-5-12(16)6-13(11)15(17,18)19/h4-6,10,20-21H,7-9H2,1-3H3. The Morgan fingerprint density at radius 3 is 2.38 bits per heavy atom. The van der Waals surface area contributed by atoms with Crippen LogP contribution >= 0.6 is 0 Å². The minimum Gasteiger partial charge on any atom is -0.389 e. The average molecular weight is 307 g/mol. The van der Waals surface area contributed by atoms with Gasteiger partial charge in [0.2, 0.25) is 0 Å². The zero-order valence-electron chi connectivity index (χ0n) is 12.4. The fourth-order valence-electron chi connectivity index (χ4n) is 2.38. The fourth-order valence-corrected chi connectivity index (χ4v) is 2.38. The zero-order valence-corrected chi connectivity index (χ0v) is 12.4. The Morgan fingerprint density at radius 1 is 1.24 bits per heavy atom. The van der Waals surface area contributed by atoms with Gasteiger partial charge in [-0.05, 0) is 37.0 Å². The molecule has 2 nitrogen and oxygen atoms in total. The largest absolute Gasteiger partial charge is 0.416 e. The predicted octanol–water partition coefficient (Wildman–Crippen LogP) is 3.73. The van der Waals surface area contributed by atoms with Crippen LogP contribution in [0.15, 0.2) is 18.2 Å². The molecule has 2 N–H and O–H groups in total. The van der Waals surface area contributed by atoms with Gasteiger partial charge in [-0.15, -0.1) is 0 Å². The van der Waals surface area contributed by atoms with E-state index in [1.807, 2.05) is 13.8 Å². The van der Waals surface area contributed by atoms with Crippen molar-refractivity contribution in [3.05, 3.63) is 35.1 Å². The van der Waals surface area contributed by atoms with Crippen LogP contribution in [0.2, 0.25) is 0 Å². The van der Waals surface area contributed by atoms with E-state index in [4.69, 9.17) is 0 Å². The lowest BCUT2D eigenvalue weighted by atomic mass is 9.94. The third-order valence-electron chi connectivity index (χ3n) is 3.05. The number of rotatable bonds is 6. The minimum absolute atomic E-state index is 0.0377. The first-order chi connectivity index (χ1) is 9.51. The second kappa shape index (κ2) is 6.75. The van der Waals surface area contributed by atoms with Crippen molar-refractivity contribution in [3.63, 3.8) is 0 Å². The molecule has 1 aromatic rings. The Bertz CT molecular complexity index is 469. The van der Waals surface area contributed by atoms with E-state index >= 15 is 0 Å². The molecule has 1 aromatic carbocycles. The smallest absolute Gasteiger partial charge is 0.389 e. The van der Waals surface area contributed by atoms with E-state index in [1.54, 1.807) is 6.92 Å². The van der Waals surface area contributed by atoms with E-state index in [0.29, 0.717) is 12.5 Å². The van der Waals surface area contributed by atoms with E-state index < -0.39 is 23.2 Å². The summed E-state index contributed by atoms with van der Waals surface area (Å²) in [6.45, 7) is 5.63. The van der Waals surface area contributed by atoms with Gasteiger partial charge in [-0.25, -0.2) is 4.39 Å². The van der Waals surface area contributed by atoms with Gasteiger partial charge in [0.15, 0.2) is 0 Å². The van der Waals surface area contributed by atoms with Gasteiger partial charge in [0.05, 0.1) is 11.2 Å². The van der Waals surface area contributed by atoms with E-state index in [9.17, 15) is 22.7 Å². The normalized spacial score (nSPS) is 15.3. The van der Waals surface area contributed by atoms with Crippen LogP contribution in [0.5, 0.6) is 0 Å². The van der Waals surface area contributed by atoms with Gasteiger partial charge in [0, 0.05) is 13.1 Å². The van der Waals surface area contributed by atoms with Crippen LogP contribution in [0.4, 0.5) is 17.6 Å². The fraction of sp³-hybridized carbons (Fsp3) is 0.600. The van der Waals surface area contributed by atoms with Crippen molar-refractivity contribution in [2.24, 2.45) is 5.92 Å². The SMILES string of the molecule is CC(C)CC(C)(O)CNCc1ccc(F)cc1C(F)(F)F. The van der Waals surface area contributed by atoms with Gasteiger partial charge in [-0.1, -0.05) is 19.9 Å². The van der Waals surface area contributed by atoms with E-state index in [0.717, 1.165) is 12.1 Å². The highest BCUT2D eigenvalue weighted by molar-refractivity contribution is 5.30. The van der Waals surface area contributed by atoms with Crippen LogP contribution in [-0.4, -0.2) is 17.3 Å². The third kappa shape index (κ3) is 6.01. The van der Waals surface area contributed by atoms with Gasteiger partial charge in [0.1, 0.15) is 5.82 Å². The molecule has 0 saturated carbocycles. The molecule has 0 bridgehead atoms. The molecule has 1 unspecified atom stereocenters. The maximum Gasteiger partial charge on any atom is 0.416 e. The summed E-state index contributed by atoms with van der Waals surface area (Å²) in [5.41, 5.74) is -2.02. The molecule has 0 fully saturated rings. The van der Waals surface area contributed by atoms with Crippen LogP contribution in [0, 0.1) is 11.7 Å². The van der Waals surface area contributed by atoms with Crippen molar-refractivity contribution >= 4 is 0 Å². The molecule has 0 spiro atoms. The molecule has 0 radical (unpaired) electrons. The van der Waals surface area contributed by atoms with Crippen molar-refractivity contribution in [2.75, 3.05) is 6.54 Å². The second-order valence-electron chi connectivity index (χ2n) is 6.00. The van der Waals surface area contributed by atoms with Crippen LogP contribution in [0.3, 0.4) is 0 Å². The van der Waals surface area contributed by atoms with E-state index in [-0.39, 0.29) is 24.6 Å². The van der Waals surface area contributed by atoms with Crippen molar-refractivity contribution in [2.45, 2.75) is 45.5 Å². The molecule has 0 aliphatic carbocycles. The van der Waals surface area contributed by atoms with Gasteiger partial charge in [-0.2, -0.15) is 13.2 Å². The zero-order chi connectivity index (χ0) is 16.3. The molecule has 0 aliphatic heterocycles. The maximum absolute atomic E-state index is 13.0. The van der Waals surface area contributed by atoms with Gasteiger partial charge < -0.3 is 10.4 Å². The van der Waals surface area contributed by atoms with Crippen molar-refractivity contribution in [1.29, 1.82) is 0 Å². The van der Waals surface area contributed by atoms with Crippen LogP contribution in [0.1, 0.15) is 38.3 Å². The first-order valence-electron chi connectivity index (χ1n) is 6.80. The predicted molar refractivity (Wildman–Crippen MR) is 73.2 cm³/mol. The average Bonchev–Trinajstić information content (AvgIpc) is 2.27. The molecule has 0 saturated heterocycles. The van der Waals surface area contributed by atoms with Crippen molar-refractivity contribution in [1.82, 2.24) is 5.32 Å². The van der Waals surface area contributed by atoms with Crippen molar-refractivity contribution < 1.29 is 22.7 Å². The number of benzene rings is 1. The molecule has 0 aromatic heterocycles. The van der Waals surface area contributed by atoms with Crippen LogP contribution in [-0.2, 0) is 12.7 Å². The number of hydrogen-bond donors (Lipinski definition) is 2. The first-order valence-corrected chi connectivity index (χ1v) is 6.80. The van der Waals surface area contributed by atoms with Crippen LogP contribution < -0.4 is 5.32 Å². The number of aliphatic hydroxyl groups is 1. The molecule has 0 aliphatic rings.